The molecular formula is C28H31ClFN3O4S. The lowest BCUT2D eigenvalue weighted by molar-refractivity contribution is -0.140. The van der Waals surface area contributed by atoms with E-state index in [4.69, 9.17) is 11.6 Å². The third kappa shape index (κ3) is 7.33. The molecule has 0 aliphatic heterocycles. The van der Waals surface area contributed by atoms with Crippen LogP contribution in [0.1, 0.15) is 32.8 Å². The maximum absolute atomic E-state index is 13.9. The molecule has 202 valence electrons. The lowest BCUT2D eigenvalue weighted by Crippen LogP contribution is -2.53. The molecule has 1 N–H and O–H groups in total. The standard InChI is InChI=1S/C28H31ClFN3O4S/c1-4-26(28(35)31-20(2)3)32(18-21-13-15-23(30)16-14-21)27(34)19-33(24-10-8-9-22(29)17-24)38(36,37)25-11-6-5-7-12-25/h5-17,20,26H,4,18-19H2,1-3H3,(H,31,35). The van der Waals surface area contributed by atoms with Crippen LogP contribution >= 0.6 is 11.6 Å². The van der Waals surface area contributed by atoms with Crippen LogP contribution in [0.15, 0.2) is 83.8 Å². The SMILES string of the molecule is CCC(C(=O)NC(C)C)N(Cc1ccc(F)cc1)C(=O)CN(c1cccc(Cl)c1)S(=O)(=O)c1ccccc1. The summed E-state index contributed by atoms with van der Waals surface area (Å²) in [6.07, 6.45) is 0.286. The zero-order valence-corrected chi connectivity index (χ0v) is 23.0. The highest BCUT2D eigenvalue weighted by Crippen LogP contribution is 2.27. The molecule has 0 aliphatic rings. The Morgan fingerprint density at radius 3 is 2.21 bits per heavy atom. The number of nitrogens with one attached hydrogen (secondary N) is 1. The van der Waals surface area contributed by atoms with Crippen molar-refractivity contribution in [2.24, 2.45) is 0 Å². The normalized spacial score (nSPS) is 12.2. The van der Waals surface area contributed by atoms with Gasteiger partial charge in [0.15, 0.2) is 0 Å². The van der Waals surface area contributed by atoms with Crippen molar-refractivity contribution in [1.82, 2.24) is 10.2 Å². The molecule has 1 atom stereocenters. The average Bonchev–Trinajstić information content (AvgIpc) is 2.88. The molecule has 0 saturated heterocycles. The van der Waals surface area contributed by atoms with Crippen LogP contribution in [0, 0.1) is 5.82 Å². The molecule has 0 spiro atoms. The molecule has 0 heterocycles. The molecule has 3 rings (SSSR count). The Morgan fingerprint density at radius 2 is 1.63 bits per heavy atom. The second-order valence-electron chi connectivity index (χ2n) is 9.04. The lowest BCUT2D eigenvalue weighted by atomic mass is 10.1. The van der Waals surface area contributed by atoms with E-state index < -0.39 is 34.3 Å². The summed E-state index contributed by atoms with van der Waals surface area (Å²) in [5.41, 5.74) is 0.798. The molecule has 0 aromatic heterocycles. The first-order chi connectivity index (χ1) is 18.0. The number of carbonyl (C=O) groups excluding carboxylic acids is 2. The summed E-state index contributed by atoms with van der Waals surface area (Å²) < 4.78 is 41.9. The van der Waals surface area contributed by atoms with Crippen molar-refractivity contribution in [3.8, 4) is 0 Å². The fraction of sp³-hybridized carbons (Fsp3) is 0.286. The van der Waals surface area contributed by atoms with E-state index in [1.807, 2.05) is 13.8 Å². The summed E-state index contributed by atoms with van der Waals surface area (Å²) in [4.78, 5) is 28.3. The molecule has 0 fully saturated rings. The van der Waals surface area contributed by atoms with Crippen molar-refractivity contribution in [3.63, 3.8) is 0 Å². The van der Waals surface area contributed by atoms with Crippen LogP contribution in [0.4, 0.5) is 10.1 Å². The molecule has 0 aliphatic carbocycles. The summed E-state index contributed by atoms with van der Waals surface area (Å²) in [6, 6.07) is 18.5. The molecule has 3 aromatic carbocycles. The van der Waals surface area contributed by atoms with E-state index in [2.05, 4.69) is 5.32 Å². The second-order valence-corrected chi connectivity index (χ2v) is 11.3. The molecule has 0 radical (unpaired) electrons. The summed E-state index contributed by atoms with van der Waals surface area (Å²) in [5, 5.41) is 3.13. The largest absolute Gasteiger partial charge is 0.352 e. The maximum atomic E-state index is 13.9. The predicted molar refractivity (Wildman–Crippen MR) is 147 cm³/mol. The Hall–Kier alpha value is -3.43. The van der Waals surface area contributed by atoms with Gasteiger partial charge in [0, 0.05) is 17.6 Å². The number of hydrogen-bond donors (Lipinski definition) is 1. The first kappa shape index (κ1) is 29.1. The minimum Gasteiger partial charge on any atom is -0.352 e. The van der Waals surface area contributed by atoms with Crippen LogP contribution in [0.5, 0.6) is 0 Å². The highest BCUT2D eigenvalue weighted by molar-refractivity contribution is 7.92. The van der Waals surface area contributed by atoms with Crippen LogP contribution < -0.4 is 9.62 Å². The number of nitrogens with zero attached hydrogens (tertiary/aromatic N) is 2. The molecule has 3 aromatic rings. The van der Waals surface area contributed by atoms with Gasteiger partial charge in [-0.25, -0.2) is 12.8 Å². The van der Waals surface area contributed by atoms with Gasteiger partial charge in [-0.2, -0.15) is 0 Å². The van der Waals surface area contributed by atoms with E-state index in [1.54, 1.807) is 43.3 Å². The molecule has 0 bridgehead atoms. The fourth-order valence-electron chi connectivity index (χ4n) is 3.97. The number of benzene rings is 3. The predicted octanol–water partition coefficient (Wildman–Crippen LogP) is 5.01. The van der Waals surface area contributed by atoms with Gasteiger partial charge in [0.25, 0.3) is 10.0 Å². The van der Waals surface area contributed by atoms with Gasteiger partial charge in [-0.05, 0) is 68.3 Å². The van der Waals surface area contributed by atoms with Crippen molar-refractivity contribution >= 4 is 39.1 Å². The number of rotatable bonds is 11. The van der Waals surface area contributed by atoms with Crippen LogP contribution in [0.2, 0.25) is 5.02 Å². The first-order valence-corrected chi connectivity index (χ1v) is 14.0. The number of hydrogen-bond acceptors (Lipinski definition) is 4. The van der Waals surface area contributed by atoms with Crippen molar-refractivity contribution < 1.29 is 22.4 Å². The Kier molecular flexibility index (Phi) is 9.88. The number of amides is 2. The minimum absolute atomic E-state index is 0.00227. The van der Waals surface area contributed by atoms with Crippen molar-refractivity contribution in [2.75, 3.05) is 10.8 Å². The van der Waals surface area contributed by atoms with Crippen molar-refractivity contribution in [1.29, 1.82) is 0 Å². The number of anilines is 1. The Morgan fingerprint density at radius 1 is 0.974 bits per heavy atom. The van der Waals surface area contributed by atoms with Gasteiger partial charge < -0.3 is 10.2 Å². The second kappa shape index (κ2) is 12.9. The first-order valence-electron chi connectivity index (χ1n) is 12.2. The van der Waals surface area contributed by atoms with Gasteiger partial charge in [0.2, 0.25) is 11.8 Å². The van der Waals surface area contributed by atoms with Gasteiger partial charge in [-0.3, -0.25) is 13.9 Å². The average molecular weight is 560 g/mol. The summed E-state index contributed by atoms with van der Waals surface area (Å²) in [5.74, 6) is -1.39. The molecule has 7 nitrogen and oxygen atoms in total. The van der Waals surface area contributed by atoms with Gasteiger partial charge >= 0.3 is 0 Å². The summed E-state index contributed by atoms with van der Waals surface area (Å²) in [7, 11) is -4.17. The zero-order chi connectivity index (χ0) is 27.9. The van der Waals surface area contributed by atoms with E-state index in [1.165, 1.54) is 47.4 Å². The highest BCUT2D eigenvalue weighted by atomic mass is 35.5. The van der Waals surface area contributed by atoms with E-state index in [0.29, 0.717) is 10.6 Å². The van der Waals surface area contributed by atoms with Crippen LogP contribution in [-0.4, -0.2) is 43.8 Å². The Balaban J connectivity index is 2.05. The smallest absolute Gasteiger partial charge is 0.264 e. The number of sulfonamides is 1. The van der Waals surface area contributed by atoms with Gasteiger partial charge in [0.1, 0.15) is 18.4 Å². The molecule has 1 unspecified atom stereocenters. The van der Waals surface area contributed by atoms with Crippen LogP contribution in [0.25, 0.3) is 0 Å². The van der Waals surface area contributed by atoms with Gasteiger partial charge in [0.05, 0.1) is 10.6 Å². The number of halogens is 2. The topological polar surface area (TPSA) is 86.8 Å². The monoisotopic (exact) mass is 559 g/mol. The number of carbonyl (C=O) groups is 2. The lowest BCUT2D eigenvalue weighted by Gasteiger charge is -2.33. The fourth-order valence-corrected chi connectivity index (χ4v) is 5.58. The molecule has 38 heavy (non-hydrogen) atoms. The summed E-state index contributed by atoms with van der Waals surface area (Å²) in [6.45, 7) is 4.79. The Labute approximate surface area is 228 Å². The maximum Gasteiger partial charge on any atom is 0.264 e. The Bertz CT molecular complexity index is 1350. The quantitative estimate of drug-likeness (QED) is 0.358. The van der Waals surface area contributed by atoms with E-state index in [-0.39, 0.29) is 35.5 Å². The van der Waals surface area contributed by atoms with Crippen molar-refractivity contribution in [2.45, 2.75) is 50.7 Å². The van der Waals surface area contributed by atoms with E-state index in [9.17, 15) is 22.4 Å². The molecular weight excluding hydrogens is 529 g/mol. The van der Waals surface area contributed by atoms with E-state index in [0.717, 1.165) is 4.31 Å². The third-order valence-corrected chi connectivity index (χ3v) is 7.81. The zero-order valence-electron chi connectivity index (χ0n) is 21.5. The third-order valence-electron chi connectivity index (χ3n) is 5.79. The molecule has 10 heteroatoms. The van der Waals surface area contributed by atoms with Gasteiger partial charge in [-0.15, -0.1) is 0 Å². The van der Waals surface area contributed by atoms with Crippen LogP contribution in [0.3, 0.4) is 0 Å². The molecule has 0 saturated carbocycles. The molecule has 2 amide bonds. The highest BCUT2D eigenvalue weighted by Gasteiger charge is 2.33. The van der Waals surface area contributed by atoms with Crippen LogP contribution in [-0.2, 0) is 26.2 Å². The van der Waals surface area contributed by atoms with Crippen molar-refractivity contribution in [3.05, 3.63) is 95.3 Å². The summed E-state index contributed by atoms with van der Waals surface area (Å²) >= 11 is 6.17. The van der Waals surface area contributed by atoms with Gasteiger partial charge in [-0.1, -0.05) is 54.9 Å². The van der Waals surface area contributed by atoms with E-state index >= 15 is 0 Å². The minimum atomic E-state index is -4.17.